The first kappa shape index (κ1) is 59.0. The maximum Gasteiger partial charge on any atom is 0.315 e. The van der Waals surface area contributed by atoms with Crippen LogP contribution in [0.4, 0.5) is 21.0 Å². The van der Waals surface area contributed by atoms with Gasteiger partial charge in [-0.2, -0.15) is 23.5 Å². The molecule has 1 aromatic carbocycles. The lowest BCUT2D eigenvalue weighted by Crippen LogP contribution is -2.36. The summed E-state index contributed by atoms with van der Waals surface area (Å²) in [4.78, 5) is 99.4. The molecule has 4 saturated heterocycles. The number of benzene rings is 1. The third-order valence-electron chi connectivity index (χ3n) is 12.4. The molecular formula is C50H79N9O12S2. The molecule has 21 nitrogen and oxygen atoms in total. The molecule has 4 heterocycles. The van der Waals surface area contributed by atoms with Gasteiger partial charge in [-0.15, -0.1) is 0 Å². The average molecular weight is 1060 g/mol. The number of hydrogen-bond donors (Lipinski definition) is 9. The number of ether oxygens (including phenoxy) is 4. The number of amides is 9. The molecule has 73 heavy (non-hydrogen) atoms. The topological polar surface area (TPSA) is 282 Å². The second-order valence-corrected chi connectivity index (χ2v) is 22.2. The van der Waals surface area contributed by atoms with Crippen molar-refractivity contribution >= 4 is 82.5 Å². The van der Waals surface area contributed by atoms with E-state index in [-0.39, 0.29) is 117 Å². The fourth-order valence-corrected chi connectivity index (χ4v) is 11.9. The van der Waals surface area contributed by atoms with Crippen molar-refractivity contribution in [2.45, 2.75) is 157 Å². The number of rotatable bonds is 35. The predicted octanol–water partition coefficient (Wildman–Crippen LogP) is 4.10. The number of urea groups is 2. The number of anilines is 2. The molecule has 0 spiro atoms. The summed E-state index contributed by atoms with van der Waals surface area (Å²) in [7, 11) is 0. The summed E-state index contributed by atoms with van der Waals surface area (Å²) in [5, 5.41) is 27.0. The number of unbranched alkanes of at least 4 members (excludes halogenated alkanes) is 4. The van der Waals surface area contributed by atoms with Crippen molar-refractivity contribution in [3.05, 3.63) is 23.8 Å². The number of nitrogens with one attached hydrogen (secondary N) is 9. The Morgan fingerprint density at radius 1 is 0.534 bits per heavy atom. The average Bonchev–Trinajstić information content (AvgIpc) is 4.10. The Hall–Kier alpha value is -4.84. The summed E-state index contributed by atoms with van der Waals surface area (Å²) >= 11 is 3.72. The Kier molecular flexibility index (Phi) is 25.7. The molecule has 0 aliphatic carbocycles. The van der Waals surface area contributed by atoms with E-state index in [1.54, 1.807) is 6.07 Å². The van der Waals surface area contributed by atoms with E-state index < -0.39 is 11.5 Å². The lowest BCUT2D eigenvalue weighted by molar-refractivity contribution is -0.156. The van der Waals surface area contributed by atoms with Crippen LogP contribution in [0.15, 0.2) is 18.2 Å². The Bertz CT molecular complexity index is 1890. The Morgan fingerprint density at radius 3 is 1.48 bits per heavy atom. The van der Waals surface area contributed by atoms with Gasteiger partial charge in [0.2, 0.25) is 23.6 Å². The van der Waals surface area contributed by atoms with Crippen molar-refractivity contribution in [2.75, 3.05) is 81.4 Å². The van der Waals surface area contributed by atoms with Gasteiger partial charge in [0.05, 0.1) is 70.2 Å². The Labute approximate surface area is 437 Å². The zero-order chi connectivity index (χ0) is 52.4. The minimum absolute atomic E-state index is 0.0310. The van der Waals surface area contributed by atoms with Crippen LogP contribution in [0.1, 0.15) is 127 Å². The van der Waals surface area contributed by atoms with E-state index in [1.807, 2.05) is 44.3 Å². The molecule has 5 rings (SSSR count). The van der Waals surface area contributed by atoms with Gasteiger partial charge in [0.15, 0.2) is 0 Å². The molecule has 9 N–H and O–H groups in total. The summed E-state index contributed by atoms with van der Waals surface area (Å²) < 4.78 is 21.8. The van der Waals surface area contributed by atoms with Crippen LogP contribution >= 0.6 is 23.5 Å². The minimum Gasteiger partial charge on any atom is -0.460 e. The third-order valence-corrected chi connectivity index (χ3v) is 15.4. The standard InChI is InChI=1S/C50H79N9O12S2/c1-50(2,3)71-44(64)18-22-68-24-26-70-27-25-69-23-21-53-47(65)33-28-34(54-42(62)16-8-10-19-51-40(60)14-6-4-12-38-45-36(31-72-38)56-48(66)58-45)30-35(29-33)55-43(63)17-9-11-20-52-41(61)15-7-5-13-39-46-37(32-73-39)57-49(67)59-46/h28-30,36-39,45-46H,4-27,31-32H2,1-3H3,(H,51,60)(H,52,61)(H,53,65)(H,54,62)(H,55,63)(H2,56,58,66)(H2,57,59,67)/t36-,37-,38-,39-,45-,46-/m0/s1. The lowest BCUT2D eigenvalue weighted by atomic mass is 10.0. The molecule has 408 valence electrons. The van der Waals surface area contributed by atoms with E-state index in [1.165, 1.54) is 12.1 Å². The fraction of sp³-hybridized carbons (Fsp3) is 0.720. The molecule has 0 bridgehead atoms. The van der Waals surface area contributed by atoms with Gasteiger partial charge >= 0.3 is 18.0 Å². The molecule has 4 aliphatic heterocycles. The highest BCUT2D eigenvalue weighted by atomic mass is 32.2. The molecule has 0 saturated carbocycles. The third kappa shape index (κ3) is 23.1. The van der Waals surface area contributed by atoms with E-state index in [2.05, 4.69) is 47.9 Å². The van der Waals surface area contributed by atoms with Crippen LogP contribution < -0.4 is 47.9 Å². The van der Waals surface area contributed by atoms with Gasteiger partial charge in [0, 0.05) is 84.3 Å². The van der Waals surface area contributed by atoms with Gasteiger partial charge in [-0.05, 0) is 90.3 Å². The van der Waals surface area contributed by atoms with Gasteiger partial charge < -0.3 is 66.8 Å². The molecule has 1 aromatic rings. The summed E-state index contributed by atoms with van der Waals surface area (Å²) in [6, 6.07) is 5.15. The fourth-order valence-electron chi connectivity index (χ4n) is 8.78. The quantitative estimate of drug-likeness (QED) is 0.0263. The smallest absolute Gasteiger partial charge is 0.315 e. The molecule has 4 fully saturated rings. The van der Waals surface area contributed by atoms with Crippen LogP contribution in [-0.4, -0.2) is 159 Å². The van der Waals surface area contributed by atoms with E-state index in [9.17, 15) is 38.4 Å². The minimum atomic E-state index is -0.539. The van der Waals surface area contributed by atoms with Crippen LogP contribution in [-0.2, 0) is 42.9 Å². The van der Waals surface area contributed by atoms with Gasteiger partial charge in [-0.1, -0.05) is 12.8 Å². The Balaban J connectivity index is 0.967. The van der Waals surface area contributed by atoms with E-state index in [0.717, 1.165) is 50.0 Å². The molecule has 23 heteroatoms. The second-order valence-electron chi connectivity index (χ2n) is 19.7. The molecule has 4 aliphatic rings. The van der Waals surface area contributed by atoms with E-state index in [4.69, 9.17) is 18.9 Å². The van der Waals surface area contributed by atoms with E-state index in [0.29, 0.717) is 93.3 Å². The zero-order valence-corrected chi connectivity index (χ0v) is 44.4. The van der Waals surface area contributed by atoms with Crippen molar-refractivity contribution < 1.29 is 57.3 Å². The number of fused-ring (bicyclic) bond motifs is 2. The highest BCUT2D eigenvalue weighted by molar-refractivity contribution is 8.00. The number of esters is 1. The number of carbonyl (C=O) groups excluding carboxylic acids is 8. The molecular weight excluding hydrogens is 983 g/mol. The van der Waals surface area contributed by atoms with Gasteiger partial charge in [-0.3, -0.25) is 28.8 Å². The largest absolute Gasteiger partial charge is 0.460 e. The molecule has 0 unspecified atom stereocenters. The predicted molar refractivity (Wildman–Crippen MR) is 281 cm³/mol. The monoisotopic (exact) mass is 1060 g/mol. The van der Waals surface area contributed by atoms with Crippen LogP contribution in [0, 0.1) is 0 Å². The van der Waals surface area contributed by atoms with E-state index >= 15 is 0 Å². The van der Waals surface area contributed by atoms with Gasteiger partial charge in [0.25, 0.3) is 5.91 Å². The number of thioether (sulfide) groups is 2. The second kappa shape index (κ2) is 31.8. The number of carbonyl (C=O) groups is 8. The highest BCUT2D eigenvalue weighted by Crippen LogP contribution is 2.34. The summed E-state index contributed by atoms with van der Waals surface area (Å²) in [6.07, 6.45) is 8.80. The van der Waals surface area contributed by atoms with Crippen molar-refractivity contribution in [3.63, 3.8) is 0 Å². The Morgan fingerprint density at radius 2 is 0.986 bits per heavy atom. The van der Waals surface area contributed by atoms with Gasteiger partial charge in [-0.25, -0.2) is 9.59 Å². The zero-order valence-electron chi connectivity index (χ0n) is 42.8. The van der Waals surface area contributed by atoms with Crippen LogP contribution in [0.3, 0.4) is 0 Å². The summed E-state index contributed by atoms with van der Waals surface area (Å²) in [5.41, 5.74) is 0.342. The first-order valence-electron chi connectivity index (χ1n) is 26.0. The first-order chi connectivity index (χ1) is 35.1. The van der Waals surface area contributed by atoms with Crippen molar-refractivity contribution in [2.24, 2.45) is 0 Å². The maximum atomic E-state index is 13.3. The van der Waals surface area contributed by atoms with Crippen LogP contribution in [0.2, 0.25) is 0 Å². The van der Waals surface area contributed by atoms with Crippen LogP contribution in [0.5, 0.6) is 0 Å². The van der Waals surface area contributed by atoms with Gasteiger partial charge in [0.1, 0.15) is 5.60 Å². The SMILES string of the molecule is CC(C)(C)OC(=O)CCOCCOCCOCCNC(=O)c1cc(NC(=O)CCCCNC(=O)CCCC[C@@H]2SC[C@@H]3NC(=O)N[C@@H]32)cc(NC(=O)CCCCNC(=O)CCCC[C@@H]2SC[C@@H]3NC(=O)N[C@@H]32)c1. The highest BCUT2D eigenvalue weighted by Gasteiger charge is 2.43. The lowest BCUT2D eigenvalue weighted by Gasteiger charge is -2.19. The van der Waals surface area contributed by atoms with Crippen LogP contribution in [0.25, 0.3) is 0 Å². The molecule has 0 radical (unpaired) electrons. The maximum absolute atomic E-state index is 13.3. The van der Waals surface area contributed by atoms with Crippen molar-refractivity contribution in [3.8, 4) is 0 Å². The first-order valence-corrected chi connectivity index (χ1v) is 28.1. The number of hydrogen-bond acceptors (Lipinski definition) is 14. The summed E-state index contributed by atoms with van der Waals surface area (Å²) in [5.74, 6) is 0.432. The molecule has 0 aromatic heterocycles. The normalized spacial score (nSPS) is 20.7. The molecule has 6 atom stereocenters. The molecule has 9 amide bonds. The summed E-state index contributed by atoms with van der Waals surface area (Å²) in [6.45, 7) is 8.19. The van der Waals surface area contributed by atoms with Crippen molar-refractivity contribution in [1.82, 2.24) is 37.2 Å². The van der Waals surface area contributed by atoms with Crippen molar-refractivity contribution in [1.29, 1.82) is 0 Å².